The predicted molar refractivity (Wildman–Crippen MR) is 90.9 cm³/mol. The van der Waals surface area contributed by atoms with Gasteiger partial charge in [0.15, 0.2) is 0 Å². The van der Waals surface area contributed by atoms with Crippen molar-refractivity contribution in [3.63, 3.8) is 0 Å². The largest absolute Gasteiger partial charge is 0.480 e. The van der Waals surface area contributed by atoms with Crippen molar-refractivity contribution < 1.29 is 14.7 Å². The van der Waals surface area contributed by atoms with E-state index in [4.69, 9.17) is 5.11 Å². The number of hydrogen-bond acceptors (Lipinski definition) is 2. The topological polar surface area (TPSA) is 66.4 Å². The Bertz CT molecular complexity index is 303. The molecule has 0 spiro atoms. The summed E-state index contributed by atoms with van der Waals surface area (Å²) in [7, 11) is 0. The first-order chi connectivity index (χ1) is 10.4. The van der Waals surface area contributed by atoms with Gasteiger partial charge in [-0.3, -0.25) is 9.59 Å². The van der Waals surface area contributed by atoms with E-state index in [-0.39, 0.29) is 5.91 Å². The Labute approximate surface area is 136 Å². The van der Waals surface area contributed by atoms with Gasteiger partial charge in [0.25, 0.3) is 0 Å². The van der Waals surface area contributed by atoms with Crippen molar-refractivity contribution >= 4 is 11.9 Å². The van der Waals surface area contributed by atoms with Gasteiger partial charge in [0.1, 0.15) is 6.04 Å². The number of unbranched alkanes of at least 4 members (excludes halogenated alkanes) is 8. The molecule has 4 heteroatoms. The van der Waals surface area contributed by atoms with E-state index in [0.29, 0.717) is 6.42 Å². The van der Waals surface area contributed by atoms with E-state index >= 15 is 0 Å². The standard InChI is InChI=1S/C18H35NO3/c1-15(2)13-11-9-7-5-4-6-8-10-12-14-17(20)19-16(3)18(21)22/h15-16H,4-14H2,1-3H3,(H,19,20)(H,21,22). The first kappa shape index (κ1) is 20.9. The predicted octanol–water partition coefficient (Wildman–Crippen LogP) is 4.52. The van der Waals surface area contributed by atoms with Crippen LogP contribution in [0.2, 0.25) is 0 Å². The summed E-state index contributed by atoms with van der Waals surface area (Å²) in [6.45, 7) is 6.05. The van der Waals surface area contributed by atoms with Crippen molar-refractivity contribution in [3.8, 4) is 0 Å². The molecule has 0 aliphatic rings. The molecular formula is C18H35NO3. The lowest BCUT2D eigenvalue weighted by Crippen LogP contribution is -2.38. The lowest BCUT2D eigenvalue weighted by atomic mass is 10.0. The lowest BCUT2D eigenvalue weighted by molar-refractivity contribution is -0.141. The molecule has 0 rings (SSSR count). The van der Waals surface area contributed by atoms with E-state index in [2.05, 4.69) is 19.2 Å². The molecule has 130 valence electrons. The summed E-state index contributed by atoms with van der Waals surface area (Å²) >= 11 is 0. The van der Waals surface area contributed by atoms with E-state index < -0.39 is 12.0 Å². The summed E-state index contributed by atoms with van der Waals surface area (Å²) in [5.74, 6) is -0.308. The monoisotopic (exact) mass is 313 g/mol. The number of aliphatic carboxylic acids is 1. The third kappa shape index (κ3) is 13.9. The normalized spacial score (nSPS) is 12.4. The van der Waals surface area contributed by atoms with Gasteiger partial charge in [0.05, 0.1) is 0 Å². The Hall–Kier alpha value is -1.06. The second-order valence-corrected chi connectivity index (χ2v) is 6.74. The highest BCUT2D eigenvalue weighted by molar-refractivity contribution is 5.83. The molecular weight excluding hydrogens is 278 g/mol. The molecule has 2 N–H and O–H groups in total. The Balaban J connectivity index is 3.26. The van der Waals surface area contributed by atoms with Crippen LogP contribution >= 0.6 is 0 Å². The van der Waals surface area contributed by atoms with E-state index in [1.165, 1.54) is 58.3 Å². The molecule has 0 heterocycles. The molecule has 1 atom stereocenters. The average molecular weight is 313 g/mol. The fraction of sp³-hybridized carbons (Fsp3) is 0.889. The third-order valence-corrected chi connectivity index (χ3v) is 3.93. The van der Waals surface area contributed by atoms with E-state index in [9.17, 15) is 9.59 Å². The van der Waals surface area contributed by atoms with Gasteiger partial charge in [0.2, 0.25) is 5.91 Å². The van der Waals surface area contributed by atoms with Crippen LogP contribution in [0.1, 0.15) is 91.4 Å². The molecule has 1 amide bonds. The minimum absolute atomic E-state index is 0.153. The fourth-order valence-electron chi connectivity index (χ4n) is 2.45. The average Bonchev–Trinajstić information content (AvgIpc) is 2.44. The smallest absolute Gasteiger partial charge is 0.325 e. The van der Waals surface area contributed by atoms with Gasteiger partial charge in [-0.25, -0.2) is 0 Å². The zero-order valence-corrected chi connectivity index (χ0v) is 14.7. The molecule has 0 radical (unpaired) electrons. The van der Waals surface area contributed by atoms with Crippen molar-refractivity contribution in [1.29, 1.82) is 0 Å². The summed E-state index contributed by atoms with van der Waals surface area (Å²) in [5.41, 5.74) is 0. The van der Waals surface area contributed by atoms with Crippen LogP contribution in [0.5, 0.6) is 0 Å². The maximum absolute atomic E-state index is 11.5. The molecule has 0 aromatic rings. The minimum atomic E-state index is -0.984. The van der Waals surface area contributed by atoms with Crippen LogP contribution in [0.4, 0.5) is 0 Å². The van der Waals surface area contributed by atoms with Crippen LogP contribution in [0, 0.1) is 5.92 Å². The van der Waals surface area contributed by atoms with Crippen molar-refractivity contribution in [3.05, 3.63) is 0 Å². The number of amides is 1. The molecule has 0 saturated carbocycles. The third-order valence-electron chi connectivity index (χ3n) is 3.93. The highest BCUT2D eigenvalue weighted by atomic mass is 16.4. The summed E-state index contributed by atoms with van der Waals surface area (Å²) in [6.07, 6.45) is 12.8. The van der Waals surface area contributed by atoms with Gasteiger partial charge in [-0.05, 0) is 19.3 Å². The first-order valence-corrected chi connectivity index (χ1v) is 8.95. The maximum Gasteiger partial charge on any atom is 0.325 e. The molecule has 4 nitrogen and oxygen atoms in total. The number of hydrogen-bond donors (Lipinski definition) is 2. The molecule has 22 heavy (non-hydrogen) atoms. The second-order valence-electron chi connectivity index (χ2n) is 6.74. The van der Waals surface area contributed by atoms with Gasteiger partial charge >= 0.3 is 5.97 Å². The van der Waals surface area contributed by atoms with E-state index in [1.54, 1.807) is 0 Å². The number of nitrogens with one attached hydrogen (secondary N) is 1. The van der Waals surface area contributed by atoms with Crippen molar-refractivity contribution in [2.45, 2.75) is 97.4 Å². The van der Waals surface area contributed by atoms with Gasteiger partial charge in [-0.2, -0.15) is 0 Å². The molecule has 0 aromatic carbocycles. The van der Waals surface area contributed by atoms with Gasteiger partial charge in [0, 0.05) is 6.42 Å². The molecule has 1 unspecified atom stereocenters. The van der Waals surface area contributed by atoms with Crippen LogP contribution in [0.15, 0.2) is 0 Å². The van der Waals surface area contributed by atoms with Gasteiger partial charge in [-0.1, -0.05) is 71.6 Å². The fourth-order valence-corrected chi connectivity index (χ4v) is 2.45. The van der Waals surface area contributed by atoms with E-state index in [0.717, 1.165) is 18.8 Å². The van der Waals surface area contributed by atoms with Gasteiger partial charge < -0.3 is 10.4 Å². The molecule has 0 fully saturated rings. The van der Waals surface area contributed by atoms with Gasteiger partial charge in [-0.15, -0.1) is 0 Å². The van der Waals surface area contributed by atoms with Crippen molar-refractivity contribution in [2.24, 2.45) is 5.92 Å². The Kier molecular flexibility index (Phi) is 12.9. The quantitative estimate of drug-likeness (QED) is 0.463. The minimum Gasteiger partial charge on any atom is -0.480 e. The number of rotatable bonds is 14. The van der Waals surface area contributed by atoms with Crippen LogP contribution in [0.3, 0.4) is 0 Å². The van der Waals surface area contributed by atoms with Crippen molar-refractivity contribution in [2.75, 3.05) is 0 Å². The molecule has 0 bridgehead atoms. The summed E-state index contributed by atoms with van der Waals surface area (Å²) in [4.78, 5) is 22.1. The number of carboxylic acid groups (broad SMARTS) is 1. The molecule has 0 aliphatic heterocycles. The highest BCUT2D eigenvalue weighted by Crippen LogP contribution is 2.13. The zero-order valence-electron chi connectivity index (χ0n) is 14.7. The zero-order chi connectivity index (χ0) is 16.8. The van der Waals surface area contributed by atoms with Crippen LogP contribution in [-0.4, -0.2) is 23.0 Å². The number of carbonyl (C=O) groups is 2. The van der Waals surface area contributed by atoms with E-state index in [1.807, 2.05) is 0 Å². The Morgan fingerprint density at radius 1 is 0.818 bits per heavy atom. The second kappa shape index (κ2) is 13.6. The maximum atomic E-state index is 11.5. The first-order valence-electron chi connectivity index (χ1n) is 8.95. The SMILES string of the molecule is CC(C)CCCCCCCCCCCC(=O)NC(C)C(=O)O. The summed E-state index contributed by atoms with van der Waals surface area (Å²) in [6, 6.07) is -0.789. The molecule has 0 aromatic heterocycles. The number of carboxylic acids is 1. The van der Waals surface area contributed by atoms with Crippen LogP contribution < -0.4 is 5.32 Å². The van der Waals surface area contributed by atoms with Crippen molar-refractivity contribution in [1.82, 2.24) is 5.32 Å². The Morgan fingerprint density at radius 2 is 1.27 bits per heavy atom. The lowest BCUT2D eigenvalue weighted by Gasteiger charge is -2.08. The molecule has 0 aliphatic carbocycles. The summed E-state index contributed by atoms with van der Waals surface area (Å²) < 4.78 is 0. The highest BCUT2D eigenvalue weighted by Gasteiger charge is 2.12. The number of carbonyl (C=O) groups excluding carboxylic acids is 1. The van der Waals surface area contributed by atoms with Crippen LogP contribution in [-0.2, 0) is 9.59 Å². The molecule has 0 saturated heterocycles. The summed E-state index contributed by atoms with van der Waals surface area (Å²) in [5, 5.41) is 11.2. The Morgan fingerprint density at radius 3 is 1.73 bits per heavy atom. The van der Waals surface area contributed by atoms with Crippen LogP contribution in [0.25, 0.3) is 0 Å².